The van der Waals surface area contributed by atoms with Gasteiger partial charge in [0.2, 0.25) is 0 Å². The van der Waals surface area contributed by atoms with Gasteiger partial charge in [-0.15, -0.1) is 24.0 Å². The quantitative estimate of drug-likeness (QED) is 0.374. The van der Waals surface area contributed by atoms with Gasteiger partial charge in [-0.3, -0.25) is 4.99 Å². The van der Waals surface area contributed by atoms with Gasteiger partial charge in [-0.05, 0) is 36.6 Å². The Hall–Kier alpha value is -1.47. The lowest BCUT2D eigenvalue weighted by atomic mass is 9.64. The molecule has 0 radical (unpaired) electrons. The van der Waals surface area contributed by atoms with Crippen molar-refractivity contribution in [3.05, 3.63) is 59.1 Å². The highest BCUT2D eigenvalue weighted by Gasteiger charge is 2.39. The monoisotopic (exact) mass is 471 g/mol. The third-order valence-corrected chi connectivity index (χ3v) is 5.01. The Kier molecular flexibility index (Phi) is 6.95. The average molecular weight is 472 g/mol. The van der Waals surface area contributed by atoms with E-state index in [1.807, 2.05) is 42.5 Å². The highest BCUT2D eigenvalue weighted by atomic mass is 127. The molecule has 1 aliphatic carbocycles. The van der Waals surface area contributed by atoms with Crippen molar-refractivity contribution >= 4 is 47.2 Å². The largest absolute Gasteiger partial charge is 0.495 e. The first-order valence-corrected chi connectivity index (χ1v) is 8.47. The van der Waals surface area contributed by atoms with Crippen molar-refractivity contribution in [1.82, 2.24) is 0 Å². The van der Waals surface area contributed by atoms with Gasteiger partial charge in [0, 0.05) is 10.4 Å². The number of ether oxygens (including phenoxy) is 1. The minimum absolute atomic E-state index is 0. The van der Waals surface area contributed by atoms with Crippen LogP contribution in [-0.2, 0) is 5.41 Å². The normalized spacial score (nSPS) is 15.7. The van der Waals surface area contributed by atoms with Crippen LogP contribution in [0.25, 0.3) is 0 Å². The molecule has 2 aromatic carbocycles. The van der Waals surface area contributed by atoms with Gasteiger partial charge in [0.25, 0.3) is 0 Å². The van der Waals surface area contributed by atoms with E-state index in [0.717, 1.165) is 29.3 Å². The number of guanidine groups is 1. The van der Waals surface area contributed by atoms with Crippen molar-refractivity contribution in [2.45, 2.75) is 24.7 Å². The maximum Gasteiger partial charge on any atom is 0.193 e. The first-order chi connectivity index (χ1) is 11.6. The summed E-state index contributed by atoms with van der Waals surface area (Å²) in [4.78, 5) is 4.58. The zero-order valence-electron chi connectivity index (χ0n) is 14.2. The van der Waals surface area contributed by atoms with E-state index in [0.29, 0.717) is 12.5 Å². The third kappa shape index (κ3) is 4.39. The number of para-hydroxylation sites is 2. The number of aliphatic imine (C=N–C) groups is 1. The molecule has 134 valence electrons. The molecule has 4 nitrogen and oxygen atoms in total. The number of anilines is 1. The first-order valence-electron chi connectivity index (χ1n) is 8.10. The number of hydrogen-bond acceptors (Lipinski definition) is 2. The SMILES string of the molecule is COc1ccccc1NC(N)=NCC1(c2ccccc2Cl)CCC1.I. The predicted molar refractivity (Wildman–Crippen MR) is 116 cm³/mol. The van der Waals surface area contributed by atoms with Crippen LogP contribution >= 0.6 is 35.6 Å². The molecule has 3 rings (SSSR count). The number of hydrogen-bond donors (Lipinski definition) is 2. The van der Waals surface area contributed by atoms with Crippen molar-refractivity contribution in [3.8, 4) is 5.75 Å². The topological polar surface area (TPSA) is 59.6 Å². The summed E-state index contributed by atoms with van der Waals surface area (Å²) in [5, 5.41) is 3.93. The summed E-state index contributed by atoms with van der Waals surface area (Å²) in [5.74, 6) is 1.12. The Morgan fingerprint density at radius 3 is 2.52 bits per heavy atom. The van der Waals surface area contributed by atoms with Crippen molar-refractivity contribution in [3.63, 3.8) is 0 Å². The number of nitrogens with two attached hydrogens (primary N) is 1. The number of halogens is 2. The molecule has 2 aromatic rings. The maximum absolute atomic E-state index is 6.39. The maximum atomic E-state index is 6.39. The molecule has 0 saturated heterocycles. The lowest BCUT2D eigenvalue weighted by Gasteiger charge is -2.41. The van der Waals surface area contributed by atoms with Crippen LogP contribution in [-0.4, -0.2) is 19.6 Å². The summed E-state index contributed by atoms with van der Waals surface area (Å²) in [6, 6.07) is 15.7. The van der Waals surface area contributed by atoms with Crippen LogP contribution in [0.1, 0.15) is 24.8 Å². The molecule has 0 aromatic heterocycles. The number of methoxy groups -OCH3 is 1. The van der Waals surface area contributed by atoms with E-state index in [9.17, 15) is 0 Å². The molecule has 0 atom stereocenters. The highest BCUT2D eigenvalue weighted by molar-refractivity contribution is 14.0. The molecular formula is C19H23ClIN3O. The van der Waals surface area contributed by atoms with E-state index >= 15 is 0 Å². The lowest BCUT2D eigenvalue weighted by molar-refractivity contribution is 0.254. The van der Waals surface area contributed by atoms with Gasteiger partial charge >= 0.3 is 0 Å². The van der Waals surface area contributed by atoms with Crippen LogP contribution in [0.5, 0.6) is 5.75 Å². The highest BCUT2D eigenvalue weighted by Crippen LogP contribution is 2.46. The molecule has 3 N–H and O–H groups in total. The summed E-state index contributed by atoms with van der Waals surface area (Å²) in [6.45, 7) is 0.630. The van der Waals surface area contributed by atoms with E-state index in [-0.39, 0.29) is 29.4 Å². The Balaban J connectivity index is 0.00000225. The van der Waals surface area contributed by atoms with Gasteiger partial charge in [0.05, 0.1) is 19.3 Å². The van der Waals surface area contributed by atoms with Gasteiger partial charge in [-0.1, -0.05) is 48.4 Å². The van der Waals surface area contributed by atoms with Crippen molar-refractivity contribution in [2.24, 2.45) is 10.7 Å². The second kappa shape index (κ2) is 8.76. The second-order valence-electron chi connectivity index (χ2n) is 6.14. The van der Waals surface area contributed by atoms with Gasteiger partial charge in [0.1, 0.15) is 5.75 Å². The Labute approximate surface area is 170 Å². The fraction of sp³-hybridized carbons (Fsp3) is 0.316. The number of benzene rings is 2. The first kappa shape index (κ1) is 19.8. The number of nitrogens with zero attached hydrogens (tertiary/aromatic N) is 1. The summed E-state index contributed by atoms with van der Waals surface area (Å²) in [7, 11) is 1.63. The van der Waals surface area contributed by atoms with E-state index in [4.69, 9.17) is 22.1 Å². The fourth-order valence-corrected chi connectivity index (χ4v) is 3.51. The van der Waals surface area contributed by atoms with Crippen LogP contribution in [0.15, 0.2) is 53.5 Å². The summed E-state index contributed by atoms with van der Waals surface area (Å²) in [6.07, 6.45) is 3.37. The third-order valence-electron chi connectivity index (χ3n) is 4.68. The van der Waals surface area contributed by atoms with E-state index in [2.05, 4.69) is 16.4 Å². The zero-order chi connectivity index (χ0) is 17.0. The Morgan fingerprint density at radius 2 is 1.88 bits per heavy atom. The molecule has 0 heterocycles. The van der Waals surface area contributed by atoms with E-state index in [1.54, 1.807) is 7.11 Å². The molecule has 1 aliphatic rings. The van der Waals surface area contributed by atoms with Gasteiger partial charge in [-0.2, -0.15) is 0 Å². The molecule has 0 aliphatic heterocycles. The van der Waals surface area contributed by atoms with Crippen LogP contribution in [0.3, 0.4) is 0 Å². The van der Waals surface area contributed by atoms with Gasteiger partial charge < -0.3 is 15.8 Å². The van der Waals surface area contributed by atoms with Crippen molar-refractivity contribution < 1.29 is 4.74 Å². The number of nitrogens with one attached hydrogen (secondary N) is 1. The van der Waals surface area contributed by atoms with Gasteiger partial charge in [0.15, 0.2) is 5.96 Å². The molecule has 6 heteroatoms. The lowest BCUT2D eigenvalue weighted by Crippen LogP contribution is -2.39. The van der Waals surface area contributed by atoms with Crippen molar-refractivity contribution in [2.75, 3.05) is 19.0 Å². The molecule has 25 heavy (non-hydrogen) atoms. The minimum Gasteiger partial charge on any atom is -0.495 e. The zero-order valence-corrected chi connectivity index (χ0v) is 17.3. The molecule has 0 spiro atoms. The summed E-state index contributed by atoms with van der Waals surface area (Å²) < 4.78 is 5.32. The second-order valence-corrected chi connectivity index (χ2v) is 6.55. The van der Waals surface area contributed by atoms with E-state index < -0.39 is 0 Å². The van der Waals surface area contributed by atoms with Crippen LogP contribution < -0.4 is 15.8 Å². The minimum atomic E-state index is 0. The van der Waals surface area contributed by atoms with Crippen LogP contribution in [0, 0.1) is 0 Å². The average Bonchev–Trinajstić information content (AvgIpc) is 2.56. The fourth-order valence-electron chi connectivity index (χ4n) is 3.17. The molecular weight excluding hydrogens is 449 g/mol. The van der Waals surface area contributed by atoms with Crippen molar-refractivity contribution in [1.29, 1.82) is 0 Å². The van der Waals surface area contributed by atoms with E-state index in [1.165, 1.54) is 12.0 Å². The summed E-state index contributed by atoms with van der Waals surface area (Å²) >= 11 is 6.39. The smallest absolute Gasteiger partial charge is 0.193 e. The van der Waals surface area contributed by atoms with Gasteiger partial charge in [-0.25, -0.2) is 0 Å². The number of rotatable bonds is 5. The molecule has 1 fully saturated rings. The van der Waals surface area contributed by atoms with Crippen LogP contribution in [0.2, 0.25) is 5.02 Å². The predicted octanol–water partition coefficient (Wildman–Crippen LogP) is 4.82. The Bertz CT molecular complexity index is 747. The molecule has 1 saturated carbocycles. The molecule has 0 unspecified atom stereocenters. The molecule has 0 bridgehead atoms. The summed E-state index contributed by atoms with van der Waals surface area (Å²) in [5.41, 5.74) is 8.07. The van der Waals surface area contributed by atoms with Crippen LogP contribution in [0.4, 0.5) is 5.69 Å². The molecule has 0 amide bonds. The standard InChI is InChI=1S/C19H22ClN3O.HI/c1-24-17-10-5-4-9-16(17)23-18(21)22-13-19(11-6-12-19)14-7-2-3-8-15(14)20;/h2-5,7-10H,6,11-13H2,1H3,(H3,21,22,23);1H. The Morgan fingerprint density at radius 1 is 1.20 bits per heavy atom.